The molecule has 0 saturated carbocycles. The quantitative estimate of drug-likeness (QED) is 0.729. The summed E-state index contributed by atoms with van der Waals surface area (Å²) in [5, 5.41) is 7.37. The minimum atomic E-state index is 0.302. The Kier molecular flexibility index (Phi) is 2.66. The second kappa shape index (κ2) is 4.32. The molecule has 0 atom stereocenters. The third-order valence-electron chi connectivity index (χ3n) is 1.67. The zero-order valence-electron chi connectivity index (χ0n) is 7.50. The molecule has 2 aromatic rings. The first-order valence-corrected chi connectivity index (χ1v) is 4.25. The Labute approximate surface area is 81.6 Å². The van der Waals surface area contributed by atoms with Gasteiger partial charge in [0.15, 0.2) is 0 Å². The molecule has 0 aliphatic rings. The summed E-state index contributed by atoms with van der Waals surface area (Å²) in [6.45, 7) is 0.465. The fraction of sp³-hybridized carbons (Fsp3) is 0.100. The van der Waals surface area contributed by atoms with E-state index in [0.29, 0.717) is 12.6 Å². The highest BCUT2D eigenvalue weighted by atomic mass is 16.5. The minimum Gasteiger partial charge on any atom is -0.458 e. The van der Waals surface area contributed by atoms with Crippen molar-refractivity contribution in [2.45, 2.75) is 6.61 Å². The Balaban J connectivity index is 1.96. The zero-order chi connectivity index (χ0) is 9.64. The van der Waals surface area contributed by atoms with Gasteiger partial charge in [-0.15, -0.1) is 0 Å². The van der Waals surface area contributed by atoms with Gasteiger partial charge in [-0.1, -0.05) is 35.4 Å². The van der Waals surface area contributed by atoms with Crippen LogP contribution < -0.4 is 4.74 Å². The molecule has 0 aliphatic carbocycles. The molecule has 0 fully saturated rings. The SMILES string of the molecule is c1ccc(COc2nccnn2)cc1. The first-order valence-electron chi connectivity index (χ1n) is 4.25. The van der Waals surface area contributed by atoms with Gasteiger partial charge in [-0.05, 0) is 5.56 Å². The Hall–Kier alpha value is -1.97. The predicted molar refractivity (Wildman–Crippen MR) is 50.6 cm³/mol. The lowest BCUT2D eigenvalue weighted by Gasteiger charge is -2.01. The average molecular weight is 187 g/mol. The van der Waals surface area contributed by atoms with Crippen molar-refractivity contribution < 1.29 is 4.74 Å². The van der Waals surface area contributed by atoms with Crippen LogP contribution in [0.2, 0.25) is 0 Å². The molecule has 4 nitrogen and oxygen atoms in total. The normalized spacial score (nSPS) is 9.71. The van der Waals surface area contributed by atoms with E-state index < -0.39 is 0 Å². The minimum absolute atomic E-state index is 0.302. The van der Waals surface area contributed by atoms with Gasteiger partial charge in [-0.25, -0.2) is 4.98 Å². The molecule has 0 bridgehead atoms. The number of nitrogens with zero attached hydrogens (tertiary/aromatic N) is 3. The molecule has 1 heterocycles. The van der Waals surface area contributed by atoms with E-state index in [1.807, 2.05) is 30.3 Å². The molecule has 0 spiro atoms. The summed E-state index contributed by atoms with van der Waals surface area (Å²) in [6.07, 6.45) is 3.06. The average Bonchev–Trinajstić information content (AvgIpc) is 2.29. The van der Waals surface area contributed by atoms with E-state index in [-0.39, 0.29) is 0 Å². The van der Waals surface area contributed by atoms with Crippen molar-refractivity contribution in [3.63, 3.8) is 0 Å². The van der Waals surface area contributed by atoms with Crippen LogP contribution in [0, 0.1) is 0 Å². The fourth-order valence-electron chi connectivity index (χ4n) is 1.02. The lowest BCUT2D eigenvalue weighted by atomic mass is 10.2. The van der Waals surface area contributed by atoms with Crippen molar-refractivity contribution in [2.75, 3.05) is 0 Å². The Morgan fingerprint density at radius 1 is 1.07 bits per heavy atom. The molecule has 0 unspecified atom stereocenters. The van der Waals surface area contributed by atoms with E-state index in [4.69, 9.17) is 4.74 Å². The smallest absolute Gasteiger partial charge is 0.335 e. The van der Waals surface area contributed by atoms with E-state index in [1.54, 1.807) is 6.20 Å². The van der Waals surface area contributed by atoms with Crippen LogP contribution >= 0.6 is 0 Å². The van der Waals surface area contributed by atoms with Crippen LogP contribution in [-0.2, 0) is 6.61 Å². The lowest BCUT2D eigenvalue weighted by molar-refractivity contribution is 0.276. The predicted octanol–water partition coefficient (Wildman–Crippen LogP) is 1.45. The highest BCUT2D eigenvalue weighted by molar-refractivity contribution is 5.13. The van der Waals surface area contributed by atoms with Crippen LogP contribution in [0.1, 0.15) is 5.56 Å². The molecule has 70 valence electrons. The van der Waals surface area contributed by atoms with E-state index >= 15 is 0 Å². The maximum absolute atomic E-state index is 5.31. The van der Waals surface area contributed by atoms with Gasteiger partial charge in [0.2, 0.25) is 0 Å². The maximum Gasteiger partial charge on any atom is 0.335 e. The van der Waals surface area contributed by atoms with E-state index in [0.717, 1.165) is 5.56 Å². The molecule has 0 saturated heterocycles. The summed E-state index contributed by atoms with van der Waals surface area (Å²) in [5.74, 6) is 0. The number of ether oxygens (including phenoxy) is 1. The zero-order valence-corrected chi connectivity index (χ0v) is 7.50. The van der Waals surface area contributed by atoms with Crippen molar-refractivity contribution in [2.24, 2.45) is 0 Å². The molecule has 0 aliphatic heterocycles. The lowest BCUT2D eigenvalue weighted by Crippen LogP contribution is -1.99. The molecule has 0 amide bonds. The van der Waals surface area contributed by atoms with Crippen molar-refractivity contribution in [3.8, 4) is 6.01 Å². The molecule has 1 aromatic heterocycles. The molecular formula is C10H9N3O. The molecule has 0 N–H and O–H groups in total. The summed E-state index contributed by atoms with van der Waals surface area (Å²) >= 11 is 0. The largest absolute Gasteiger partial charge is 0.458 e. The monoisotopic (exact) mass is 187 g/mol. The standard InChI is InChI=1S/C10H9N3O/c1-2-4-9(5-3-1)8-14-10-11-6-7-12-13-10/h1-7H,8H2. The summed E-state index contributed by atoms with van der Waals surface area (Å²) in [4.78, 5) is 3.90. The van der Waals surface area contributed by atoms with Gasteiger partial charge in [0.25, 0.3) is 0 Å². The molecule has 1 aromatic carbocycles. The van der Waals surface area contributed by atoms with Crippen LogP contribution in [0.4, 0.5) is 0 Å². The number of rotatable bonds is 3. The first-order chi connectivity index (χ1) is 6.95. The third kappa shape index (κ3) is 2.26. The summed E-state index contributed by atoms with van der Waals surface area (Å²) in [6, 6.07) is 10.2. The number of hydrogen-bond acceptors (Lipinski definition) is 4. The van der Waals surface area contributed by atoms with Crippen molar-refractivity contribution in [1.29, 1.82) is 0 Å². The van der Waals surface area contributed by atoms with E-state index in [1.165, 1.54) is 6.20 Å². The van der Waals surface area contributed by atoms with Gasteiger partial charge in [-0.2, -0.15) is 5.10 Å². The first kappa shape index (κ1) is 8.62. The van der Waals surface area contributed by atoms with Gasteiger partial charge in [0, 0.05) is 0 Å². The third-order valence-corrected chi connectivity index (χ3v) is 1.67. The van der Waals surface area contributed by atoms with E-state index in [2.05, 4.69) is 15.2 Å². The summed E-state index contributed by atoms with van der Waals surface area (Å²) < 4.78 is 5.31. The Bertz CT molecular complexity index is 338. The second-order valence-electron chi connectivity index (χ2n) is 2.70. The van der Waals surface area contributed by atoms with Crippen LogP contribution in [0.5, 0.6) is 6.01 Å². The van der Waals surface area contributed by atoms with Gasteiger partial charge in [-0.3, -0.25) is 0 Å². The van der Waals surface area contributed by atoms with Crippen LogP contribution in [0.3, 0.4) is 0 Å². The number of aromatic nitrogens is 3. The Morgan fingerprint density at radius 3 is 2.64 bits per heavy atom. The van der Waals surface area contributed by atoms with Gasteiger partial charge in [0.05, 0.1) is 12.4 Å². The highest BCUT2D eigenvalue weighted by Gasteiger charge is 1.96. The second-order valence-corrected chi connectivity index (χ2v) is 2.70. The number of hydrogen-bond donors (Lipinski definition) is 0. The maximum atomic E-state index is 5.31. The summed E-state index contributed by atoms with van der Waals surface area (Å²) in [5.41, 5.74) is 1.08. The molecule has 2 rings (SSSR count). The highest BCUT2D eigenvalue weighted by Crippen LogP contribution is 2.03. The molecule has 0 radical (unpaired) electrons. The Morgan fingerprint density at radius 2 is 1.93 bits per heavy atom. The van der Waals surface area contributed by atoms with Crippen molar-refractivity contribution >= 4 is 0 Å². The van der Waals surface area contributed by atoms with Crippen molar-refractivity contribution in [3.05, 3.63) is 48.3 Å². The van der Waals surface area contributed by atoms with Crippen LogP contribution in [0.25, 0.3) is 0 Å². The van der Waals surface area contributed by atoms with E-state index in [9.17, 15) is 0 Å². The van der Waals surface area contributed by atoms with Gasteiger partial charge >= 0.3 is 6.01 Å². The summed E-state index contributed by atoms with van der Waals surface area (Å²) in [7, 11) is 0. The number of benzene rings is 1. The molecular weight excluding hydrogens is 178 g/mol. The van der Waals surface area contributed by atoms with Crippen LogP contribution in [-0.4, -0.2) is 15.2 Å². The van der Waals surface area contributed by atoms with Gasteiger partial charge in [0.1, 0.15) is 6.61 Å². The van der Waals surface area contributed by atoms with Gasteiger partial charge < -0.3 is 4.74 Å². The molecule has 14 heavy (non-hydrogen) atoms. The topological polar surface area (TPSA) is 47.9 Å². The molecule has 4 heteroatoms. The van der Waals surface area contributed by atoms with Crippen LogP contribution in [0.15, 0.2) is 42.7 Å². The van der Waals surface area contributed by atoms with Crippen molar-refractivity contribution in [1.82, 2.24) is 15.2 Å². The fourth-order valence-corrected chi connectivity index (χ4v) is 1.02.